The molecule has 2 N–H and O–H groups in total. The molecule has 1 saturated carbocycles. The van der Waals surface area contributed by atoms with Crippen LogP contribution in [-0.4, -0.2) is 31.8 Å². The number of rotatable bonds is 4. The summed E-state index contributed by atoms with van der Waals surface area (Å²) in [6, 6.07) is 8.04. The van der Waals surface area contributed by atoms with Crippen LogP contribution in [0, 0.1) is 5.82 Å². The Morgan fingerprint density at radius 2 is 1.93 bits per heavy atom. The average Bonchev–Trinajstić information content (AvgIpc) is 2.70. The molecule has 2 aromatic heterocycles. The van der Waals surface area contributed by atoms with Crippen molar-refractivity contribution in [3.63, 3.8) is 0 Å². The second-order valence-corrected chi connectivity index (χ2v) is 8.17. The van der Waals surface area contributed by atoms with Gasteiger partial charge in [0, 0.05) is 29.6 Å². The summed E-state index contributed by atoms with van der Waals surface area (Å²) in [5.74, 6) is 0.180. The smallest absolute Gasteiger partial charge is 0.265 e. The largest absolute Gasteiger partial charge is 0.393 e. The van der Waals surface area contributed by atoms with E-state index in [9.17, 15) is 14.3 Å². The molecule has 0 radical (unpaired) electrons. The molecule has 2 heterocycles. The van der Waals surface area contributed by atoms with Crippen LogP contribution in [0.25, 0.3) is 11.0 Å². The van der Waals surface area contributed by atoms with Gasteiger partial charge in [0.1, 0.15) is 11.5 Å². The summed E-state index contributed by atoms with van der Waals surface area (Å²) in [7, 11) is 1.69. The Bertz CT molecular complexity index is 1050. The fourth-order valence-corrected chi connectivity index (χ4v) is 4.33. The third-order valence-electron chi connectivity index (χ3n) is 4.99. The number of nitrogens with one attached hydrogen (secondary N) is 1. The van der Waals surface area contributed by atoms with Gasteiger partial charge in [-0.3, -0.25) is 9.36 Å². The highest BCUT2D eigenvalue weighted by Crippen LogP contribution is 2.27. The molecule has 0 spiro atoms. The van der Waals surface area contributed by atoms with E-state index in [1.807, 2.05) is 0 Å². The normalized spacial score (nSPS) is 19.7. The van der Waals surface area contributed by atoms with Gasteiger partial charge < -0.3 is 10.4 Å². The minimum Gasteiger partial charge on any atom is -0.393 e. The van der Waals surface area contributed by atoms with Gasteiger partial charge in [0.25, 0.3) is 5.56 Å². The summed E-state index contributed by atoms with van der Waals surface area (Å²) in [4.78, 5) is 23.0. The summed E-state index contributed by atoms with van der Waals surface area (Å²) < 4.78 is 14.6. The third-order valence-corrected chi connectivity index (χ3v) is 6.01. The number of benzene rings is 1. The molecule has 8 heteroatoms. The maximum Gasteiger partial charge on any atom is 0.265 e. The van der Waals surface area contributed by atoms with Crippen LogP contribution in [0.3, 0.4) is 0 Å². The van der Waals surface area contributed by atoms with Gasteiger partial charge in [0.15, 0.2) is 0 Å². The lowest BCUT2D eigenvalue weighted by atomic mass is 9.93. The highest BCUT2D eigenvalue weighted by Gasteiger charge is 2.20. The Morgan fingerprint density at radius 3 is 2.64 bits per heavy atom. The zero-order chi connectivity index (χ0) is 19.7. The van der Waals surface area contributed by atoms with Gasteiger partial charge in [-0.15, -0.1) is 0 Å². The van der Waals surface area contributed by atoms with Crippen molar-refractivity contribution in [1.29, 1.82) is 0 Å². The topological polar surface area (TPSA) is 80.0 Å². The number of aromatic nitrogens is 3. The number of hydrogen-bond donors (Lipinski definition) is 2. The number of anilines is 1. The molecular weight excluding hydrogens is 379 g/mol. The summed E-state index contributed by atoms with van der Waals surface area (Å²) in [6.07, 6.45) is 4.77. The van der Waals surface area contributed by atoms with Gasteiger partial charge in [0.2, 0.25) is 5.95 Å². The Labute approximate surface area is 165 Å². The van der Waals surface area contributed by atoms with Crippen molar-refractivity contribution in [3.05, 3.63) is 52.7 Å². The zero-order valence-corrected chi connectivity index (χ0v) is 16.2. The molecule has 1 aliphatic carbocycles. The molecule has 6 nitrogen and oxygen atoms in total. The molecule has 0 atom stereocenters. The first-order chi connectivity index (χ1) is 13.5. The van der Waals surface area contributed by atoms with Crippen LogP contribution in [0.1, 0.15) is 25.7 Å². The molecule has 0 saturated heterocycles. The first-order valence-electron chi connectivity index (χ1n) is 9.24. The van der Waals surface area contributed by atoms with Crippen LogP contribution in [0.15, 0.2) is 51.1 Å². The summed E-state index contributed by atoms with van der Waals surface area (Å²) in [5.41, 5.74) is 0.397. The van der Waals surface area contributed by atoms with E-state index in [0.29, 0.717) is 16.5 Å². The number of hydrogen-bond acceptors (Lipinski definition) is 6. The van der Waals surface area contributed by atoms with Crippen LogP contribution in [0.2, 0.25) is 0 Å². The highest BCUT2D eigenvalue weighted by molar-refractivity contribution is 7.99. The Hall–Kier alpha value is -2.45. The van der Waals surface area contributed by atoms with Gasteiger partial charge in [-0.05, 0) is 56.0 Å². The highest BCUT2D eigenvalue weighted by atomic mass is 32.2. The van der Waals surface area contributed by atoms with Crippen molar-refractivity contribution in [1.82, 2.24) is 14.5 Å². The van der Waals surface area contributed by atoms with Crippen molar-refractivity contribution in [2.45, 2.75) is 47.6 Å². The number of aryl methyl sites for hydroxylation is 1. The van der Waals surface area contributed by atoms with Gasteiger partial charge in [0.05, 0.1) is 11.0 Å². The number of fused-ring (bicyclic) bond motifs is 1. The molecule has 28 heavy (non-hydrogen) atoms. The van der Waals surface area contributed by atoms with Gasteiger partial charge in [-0.2, -0.15) is 4.98 Å². The SMILES string of the molecule is Cn1c(=O)c(Sc2ccc(F)cc2)cc2cnc(N[C@H]3CC[C@H](O)CC3)nc21. The molecular formula is C20H21FN4O2S. The standard InChI is InChI=1S/C20H21FN4O2S/c1-25-18-12(10-17(19(25)27)28-16-8-2-13(21)3-9-16)11-22-20(24-18)23-14-4-6-15(26)7-5-14/h2-3,8-11,14-15,26H,4-7H2,1H3,(H,22,23,24)/t14-,15-. The molecule has 3 aromatic rings. The van der Waals surface area contributed by atoms with Crippen molar-refractivity contribution in [3.8, 4) is 0 Å². The zero-order valence-electron chi connectivity index (χ0n) is 15.4. The van der Waals surface area contributed by atoms with Gasteiger partial charge in [-0.25, -0.2) is 9.37 Å². The predicted molar refractivity (Wildman–Crippen MR) is 107 cm³/mol. The maximum atomic E-state index is 13.1. The Kier molecular flexibility index (Phi) is 5.32. The number of aliphatic hydroxyl groups excluding tert-OH is 1. The van der Waals surface area contributed by atoms with E-state index in [0.717, 1.165) is 36.0 Å². The third kappa shape index (κ3) is 4.02. The van der Waals surface area contributed by atoms with Crippen molar-refractivity contribution in [2.24, 2.45) is 7.05 Å². The van der Waals surface area contributed by atoms with Crippen molar-refractivity contribution < 1.29 is 9.50 Å². The summed E-state index contributed by atoms with van der Waals surface area (Å²) >= 11 is 1.29. The molecule has 146 valence electrons. The average molecular weight is 400 g/mol. The number of nitrogens with zero attached hydrogens (tertiary/aromatic N) is 3. The fourth-order valence-electron chi connectivity index (χ4n) is 3.39. The minimum atomic E-state index is -0.309. The molecule has 1 aliphatic rings. The number of pyridine rings is 1. The maximum absolute atomic E-state index is 13.1. The molecule has 0 aliphatic heterocycles. The molecule has 0 bridgehead atoms. The van der Waals surface area contributed by atoms with E-state index in [4.69, 9.17) is 0 Å². The van der Waals surface area contributed by atoms with Crippen LogP contribution in [0.4, 0.5) is 10.3 Å². The van der Waals surface area contributed by atoms with Crippen LogP contribution in [0.5, 0.6) is 0 Å². The Balaban J connectivity index is 1.60. The lowest BCUT2D eigenvalue weighted by molar-refractivity contribution is 0.126. The lowest BCUT2D eigenvalue weighted by Crippen LogP contribution is -2.29. The quantitative estimate of drug-likeness (QED) is 0.699. The monoisotopic (exact) mass is 400 g/mol. The van der Waals surface area contributed by atoms with E-state index >= 15 is 0 Å². The van der Waals surface area contributed by atoms with E-state index in [1.165, 1.54) is 28.5 Å². The second kappa shape index (κ2) is 7.89. The van der Waals surface area contributed by atoms with E-state index in [-0.39, 0.29) is 23.5 Å². The first kappa shape index (κ1) is 18.9. The van der Waals surface area contributed by atoms with Crippen LogP contribution < -0.4 is 10.9 Å². The summed E-state index contributed by atoms with van der Waals surface area (Å²) in [6.45, 7) is 0. The molecule has 1 fully saturated rings. The summed E-state index contributed by atoms with van der Waals surface area (Å²) in [5, 5.41) is 13.7. The van der Waals surface area contributed by atoms with E-state index in [2.05, 4.69) is 15.3 Å². The minimum absolute atomic E-state index is 0.160. The molecule has 0 amide bonds. The predicted octanol–water partition coefficient (Wildman–Crippen LogP) is 3.33. The van der Waals surface area contributed by atoms with Crippen LogP contribution >= 0.6 is 11.8 Å². The van der Waals surface area contributed by atoms with Gasteiger partial charge in [-0.1, -0.05) is 11.8 Å². The fraction of sp³-hybridized carbons (Fsp3) is 0.350. The van der Waals surface area contributed by atoms with E-state index < -0.39 is 0 Å². The van der Waals surface area contributed by atoms with Gasteiger partial charge >= 0.3 is 0 Å². The van der Waals surface area contributed by atoms with Crippen molar-refractivity contribution >= 4 is 28.7 Å². The van der Waals surface area contributed by atoms with Crippen molar-refractivity contribution in [2.75, 3.05) is 5.32 Å². The van der Waals surface area contributed by atoms with E-state index in [1.54, 1.807) is 31.4 Å². The number of aliphatic hydroxyl groups is 1. The molecule has 0 unspecified atom stereocenters. The Morgan fingerprint density at radius 1 is 1.21 bits per heavy atom. The van der Waals surface area contributed by atoms with Crippen LogP contribution in [-0.2, 0) is 7.05 Å². The molecule has 1 aromatic carbocycles. The second-order valence-electron chi connectivity index (χ2n) is 7.05. The first-order valence-corrected chi connectivity index (χ1v) is 10.1. The molecule has 4 rings (SSSR count). The lowest BCUT2D eigenvalue weighted by Gasteiger charge is -2.26. The number of halogens is 1.